The van der Waals surface area contributed by atoms with Crippen molar-refractivity contribution in [1.29, 1.82) is 0 Å². The molecule has 0 bridgehead atoms. The van der Waals surface area contributed by atoms with E-state index < -0.39 is 0 Å². The third kappa shape index (κ3) is 4.07. The molecule has 25 heavy (non-hydrogen) atoms. The van der Waals surface area contributed by atoms with E-state index in [0.29, 0.717) is 18.2 Å². The van der Waals surface area contributed by atoms with Gasteiger partial charge in [-0.15, -0.1) is 0 Å². The van der Waals surface area contributed by atoms with E-state index in [9.17, 15) is 4.79 Å². The van der Waals surface area contributed by atoms with Gasteiger partial charge in [-0.05, 0) is 50.1 Å². The number of nitrogens with zero attached hydrogens (tertiary/aromatic N) is 1. The van der Waals surface area contributed by atoms with E-state index in [0.717, 1.165) is 28.1 Å². The minimum atomic E-state index is -0.273. The maximum Gasteiger partial charge on any atom is 0.319 e. The maximum atomic E-state index is 12.1. The van der Waals surface area contributed by atoms with Crippen LogP contribution in [-0.2, 0) is 6.54 Å². The average molecular weight is 335 g/mol. The van der Waals surface area contributed by atoms with Gasteiger partial charge in [0.15, 0.2) is 0 Å². The van der Waals surface area contributed by atoms with Crippen LogP contribution in [0.2, 0.25) is 0 Å². The zero-order valence-corrected chi connectivity index (χ0v) is 14.6. The van der Waals surface area contributed by atoms with Crippen molar-refractivity contribution < 1.29 is 9.21 Å². The highest BCUT2D eigenvalue weighted by molar-refractivity contribution is 5.89. The zero-order chi connectivity index (χ0) is 17.8. The quantitative estimate of drug-likeness (QED) is 0.733. The number of aryl methyl sites for hydroxylation is 3. The van der Waals surface area contributed by atoms with Gasteiger partial charge in [-0.25, -0.2) is 9.78 Å². The standard InChI is InChI=1S/C20H21N3O2/c1-13-7-6-9-16(11-13)22-20(24)21-12-18-15(3)25-19(23-18)17-10-5-4-8-14(17)2/h4-11H,12H2,1-3H3,(H2,21,22,24). The Morgan fingerprint density at radius 2 is 1.88 bits per heavy atom. The summed E-state index contributed by atoms with van der Waals surface area (Å²) < 4.78 is 5.77. The van der Waals surface area contributed by atoms with Crippen LogP contribution in [0.3, 0.4) is 0 Å². The van der Waals surface area contributed by atoms with Crippen molar-refractivity contribution in [3.05, 3.63) is 71.1 Å². The minimum absolute atomic E-state index is 0.273. The molecule has 0 saturated heterocycles. The van der Waals surface area contributed by atoms with Gasteiger partial charge in [-0.1, -0.05) is 30.3 Å². The lowest BCUT2D eigenvalue weighted by Crippen LogP contribution is -2.28. The molecule has 128 valence electrons. The van der Waals surface area contributed by atoms with E-state index in [1.807, 2.05) is 69.3 Å². The fraction of sp³-hybridized carbons (Fsp3) is 0.200. The third-order valence-electron chi connectivity index (χ3n) is 3.96. The maximum absolute atomic E-state index is 12.1. The second kappa shape index (κ2) is 7.21. The summed E-state index contributed by atoms with van der Waals surface area (Å²) in [7, 11) is 0. The smallest absolute Gasteiger partial charge is 0.319 e. The van der Waals surface area contributed by atoms with Crippen LogP contribution in [0.1, 0.15) is 22.6 Å². The van der Waals surface area contributed by atoms with Crippen LogP contribution in [0.25, 0.3) is 11.5 Å². The number of carbonyl (C=O) groups excluding carboxylic acids is 1. The molecule has 0 aliphatic rings. The Balaban J connectivity index is 1.66. The van der Waals surface area contributed by atoms with Crippen LogP contribution in [0.5, 0.6) is 0 Å². The number of hydrogen-bond acceptors (Lipinski definition) is 3. The third-order valence-corrected chi connectivity index (χ3v) is 3.96. The van der Waals surface area contributed by atoms with Gasteiger partial charge in [0, 0.05) is 11.3 Å². The first-order chi connectivity index (χ1) is 12.0. The van der Waals surface area contributed by atoms with E-state index in [1.54, 1.807) is 0 Å². The summed E-state index contributed by atoms with van der Waals surface area (Å²) in [6.07, 6.45) is 0. The number of aromatic nitrogens is 1. The molecular formula is C20H21N3O2. The fourth-order valence-corrected chi connectivity index (χ4v) is 2.58. The Labute approximate surface area is 147 Å². The van der Waals surface area contributed by atoms with Gasteiger partial charge < -0.3 is 15.1 Å². The highest BCUT2D eigenvalue weighted by Crippen LogP contribution is 2.24. The van der Waals surface area contributed by atoms with Crippen molar-refractivity contribution >= 4 is 11.7 Å². The van der Waals surface area contributed by atoms with Crippen LogP contribution < -0.4 is 10.6 Å². The summed E-state index contributed by atoms with van der Waals surface area (Å²) in [6, 6.07) is 15.3. The fourth-order valence-electron chi connectivity index (χ4n) is 2.58. The molecule has 0 saturated carbocycles. The van der Waals surface area contributed by atoms with Crippen molar-refractivity contribution in [2.24, 2.45) is 0 Å². The molecule has 2 amide bonds. The van der Waals surface area contributed by atoms with Crippen molar-refractivity contribution in [3.63, 3.8) is 0 Å². The van der Waals surface area contributed by atoms with Crippen molar-refractivity contribution in [2.45, 2.75) is 27.3 Å². The molecule has 3 rings (SSSR count). The lowest BCUT2D eigenvalue weighted by molar-refractivity contribution is 0.251. The van der Waals surface area contributed by atoms with Gasteiger partial charge in [0.05, 0.1) is 6.54 Å². The molecular weight excluding hydrogens is 314 g/mol. The summed E-state index contributed by atoms with van der Waals surface area (Å²) in [6.45, 7) is 6.15. The number of benzene rings is 2. The topological polar surface area (TPSA) is 67.2 Å². The number of rotatable bonds is 4. The predicted octanol–water partition coefficient (Wildman–Crippen LogP) is 4.59. The molecule has 5 nitrogen and oxygen atoms in total. The highest BCUT2D eigenvalue weighted by atomic mass is 16.4. The summed E-state index contributed by atoms with van der Waals surface area (Å²) >= 11 is 0. The second-order valence-electron chi connectivity index (χ2n) is 6.01. The van der Waals surface area contributed by atoms with Crippen LogP contribution in [0, 0.1) is 20.8 Å². The molecule has 2 aromatic carbocycles. The number of amides is 2. The first kappa shape index (κ1) is 16.8. The second-order valence-corrected chi connectivity index (χ2v) is 6.01. The molecule has 5 heteroatoms. The normalized spacial score (nSPS) is 10.5. The van der Waals surface area contributed by atoms with E-state index >= 15 is 0 Å². The van der Waals surface area contributed by atoms with Gasteiger partial charge in [0.25, 0.3) is 0 Å². The van der Waals surface area contributed by atoms with Crippen LogP contribution in [0.4, 0.5) is 10.5 Å². The van der Waals surface area contributed by atoms with Crippen LogP contribution in [0.15, 0.2) is 52.9 Å². The SMILES string of the molecule is Cc1cccc(NC(=O)NCc2nc(-c3ccccc3C)oc2C)c1. The number of oxazole rings is 1. The van der Waals surface area contributed by atoms with Gasteiger partial charge >= 0.3 is 6.03 Å². The lowest BCUT2D eigenvalue weighted by atomic mass is 10.1. The predicted molar refractivity (Wildman–Crippen MR) is 98.5 cm³/mol. The molecule has 0 radical (unpaired) electrons. The number of anilines is 1. The Hall–Kier alpha value is -3.08. The van der Waals surface area contributed by atoms with Gasteiger partial charge in [0.1, 0.15) is 11.5 Å². The Kier molecular flexibility index (Phi) is 4.84. The van der Waals surface area contributed by atoms with E-state index in [2.05, 4.69) is 15.6 Å². The first-order valence-electron chi connectivity index (χ1n) is 8.17. The Bertz CT molecular complexity index is 899. The van der Waals surface area contributed by atoms with E-state index in [-0.39, 0.29) is 6.03 Å². The number of nitrogens with one attached hydrogen (secondary N) is 2. The largest absolute Gasteiger partial charge is 0.441 e. The number of urea groups is 1. The van der Waals surface area contributed by atoms with Gasteiger partial charge in [-0.3, -0.25) is 0 Å². The molecule has 0 aliphatic carbocycles. The first-order valence-corrected chi connectivity index (χ1v) is 8.17. The van der Waals surface area contributed by atoms with Crippen LogP contribution in [-0.4, -0.2) is 11.0 Å². The van der Waals surface area contributed by atoms with Crippen molar-refractivity contribution in [3.8, 4) is 11.5 Å². The molecule has 1 aromatic heterocycles. The van der Waals surface area contributed by atoms with Gasteiger partial charge in [-0.2, -0.15) is 0 Å². The molecule has 0 atom stereocenters. The molecule has 0 aliphatic heterocycles. The summed E-state index contributed by atoms with van der Waals surface area (Å²) in [4.78, 5) is 16.6. The minimum Gasteiger partial charge on any atom is -0.441 e. The number of hydrogen-bond donors (Lipinski definition) is 2. The van der Waals surface area contributed by atoms with E-state index in [1.165, 1.54) is 0 Å². The molecule has 0 unspecified atom stereocenters. The lowest BCUT2D eigenvalue weighted by Gasteiger charge is -2.07. The molecule has 2 N–H and O–H groups in total. The molecule has 0 spiro atoms. The monoisotopic (exact) mass is 335 g/mol. The van der Waals surface area contributed by atoms with Crippen LogP contribution >= 0.6 is 0 Å². The summed E-state index contributed by atoms with van der Waals surface area (Å²) in [5, 5.41) is 5.63. The number of carbonyl (C=O) groups is 1. The van der Waals surface area contributed by atoms with Crippen molar-refractivity contribution in [1.82, 2.24) is 10.3 Å². The molecule has 0 fully saturated rings. The summed E-state index contributed by atoms with van der Waals surface area (Å²) in [5.41, 5.74) is 4.63. The van der Waals surface area contributed by atoms with E-state index in [4.69, 9.17) is 4.42 Å². The molecule has 3 aromatic rings. The average Bonchev–Trinajstić information content (AvgIpc) is 2.94. The Morgan fingerprint density at radius 3 is 2.64 bits per heavy atom. The Morgan fingerprint density at radius 1 is 1.08 bits per heavy atom. The van der Waals surface area contributed by atoms with Gasteiger partial charge in [0.2, 0.25) is 5.89 Å². The zero-order valence-electron chi connectivity index (χ0n) is 14.6. The summed E-state index contributed by atoms with van der Waals surface area (Å²) in [5.74, 6) is 1.28. The van der Waals surface area contributed by atoms with Crippen molar-refractivity contribution in [2.75, 3.05) is 5.32 Å². The highest BCUT2D eigenvalue weighted by Gasteiger charge is 2.13. The molecule has 1 heterocycles.